The van der Waals surface area contributed by atoms with Crippen LogP contribution in [0.3, 0.4) is 0 Å². The average molecular weight is 266 g/mol. The molecule has 1 aromatic rings. The van der Waals surface area contributed by atoms with Crippen LogP contribution < -0.4 is 15.5 Å². The maximum Gasteiger partial charge on any atom is 0.292 e. The van der Waals surface area contributed by atoms with Crippen LogP contribution in [0.2, 0.25) is 0 Å². The van der Waals surface area contributed by atoms with Gasteiger partial charge < -0.3 is 20.6 Å². The predicted octanol–water partition coefficient (Wildman–Crippen LogP) is 0.409. The maximum atomic E-state index is 11.0. The lowest BCUT2D eigenvalue weighted by molar-refractivity contribution is -0.383. The van der Waals surface area contributed by atoms with Crippen molar-refractivity contribution in [2.24, 2.45) is 0 Å². The van der Waals surface area contributed by atoms with E-state index in [0.29, 0.717) is 12.2 Å². The third kappa shape index (κ3) is 3.33. The van der Waals surface area contributed by atoms with Crippen LogP contribution in [0.25, 0.3) is 0 Å². The van der Waals surface area contributed by atoms with Gasteiger partial charge in [0.15, 0.2) is 0 Å². The van der Waals surface area contributed by atoms with Gasteiger partial charge in [-0.3, -0.25) is 10.1 Å². The number of piperazine rings is 1. The van der Waals surface area contributed by atoms with Crippen molar-refractivity contribution in [3.05, 3.63) is 28.3 Å². The fourth-order valence-electron chi connectivity index (χ4n) is 2.14. The maximum absolute atomic E-state index is 11.0. The Morgan fingerprint density at radius 1 is 1.42 bits per heavy atom. The summed E-state index contributed by atoms with van der Waals surface area (Å²) < 4.78 is 0. The first kappa shape index (κ1) is 13.6. The third-order valence-corrected chi connectivity index (χ3v) is 3.09. The van der Waals surface area contributed by atoms with Gasteiger partial charge in [0.2, 0.25) is 0 Å². The first-order valence-corrected chi connectivity index (χ1v) is 6.31. The van der Waals surface area contributed by atoms with E-state index in [1.165, 1.54) is 6.07 Å². The Morgan fingerprint density at radius 3 is 2.79 bits per heavy atom. The molecule has 0 spiro atoms. The number of benzene rings is 1. The molecular weight excluding hydrogens is 248 g/mol. The first-order chi connectivity index (χ1) is 9.22. The highest BCUT2D eigenvalue weighted by atomic mass is 16.6. The van der Waals surface area contributed by atoms with Gasteiger partial charge in [0, 0.05) is 44.5 Å². The molecule has 1 fully saturated rings. The van der Waals surface area contributed by atoms with Crippen LogP contribution in [0, 0.1) is 10.1 Å². The van der Waals surface area contributed by atoms with Crippen LogP contribution in [-0.4, -0.2) is 49.4 Å². The van der Waals surface area contributed by atoms with Gasteiger partial charge in [0.25, 0.3) is 5.69 Å². The highest BCUT2D eigenvalue weighted by Gasteiger charge is 2.17. The number of nitro benzene ring substituents is 1. The summed E-state index contributed by atoms with van der Waals surface area (Å²) in [5.74, 6) is 0. The third-order valence-electron chi connectivity index (χ3n) is 3.09. The van der Waals surface area contributed by atoms with Crippen LogP contribution in [-0.2, 0) is 0 Å². The molecule has 7 nitrogen and oxygen atoms in total. The van der Waals surface area contributed by atoms with E-state index in [0.717, 1.165) is 31.9 Å². The minimum Gasteiger partial charge on any atom is -0.395 e. The molecule has 3 N–H and O–H groups in total. The van der Waals surface area contributed by atoms with E-state index >= 15 is 0 Å². The molecule has 1 saturated heterocycles. The van der Waals surface area contributed by atoms with Crippen LogP contribution >= 0.6 is 0 Å². The number of nitro groups is 1. The SMILES string of the molecule is O=[N+]([O-])c1ccc(N2CCNCC2)cc1NCCO. The lowest BCUT2D eigenvalue weighted by Gasteiger charge is -2.29. The Labute approximate surface area is 111 Å². The van der Waals surface area contributed by atoms with Crippen LogP contribution in [0.5, 0.6) is 0 Å². The Hall–Kier alpha value is -1.86. The predicted molar refractivity (Wildman–Crippen MR) is 73.8 cm³/mol. The second-order valence-corrected chi connectivity index (χ2v) is 4.35. The minimum absolute atomic E-state index is 0.0346. The van der Waals surface area contributed by atoms with Crippen molar-refractivity contribution in [1.29, 1.82) is 0 Å². The number of rotatable bonds is 5. The Morgan fingerprint density at radius 2 is 2.16 bits per heavy atom. The molecule has 0 bridgehead atoms. The Kier molecular flexibility index (Phi) is 4.53. The highest BCUT2D eigenvalue weighted by Crippen LogP contribution is 2.29. The molecule has 0 aromatic heterocycles. The van der Waals surface area contributed by atoms with Crippen molar-refractivity contribution in [2.45, 2.75) is 0 Å². The molecule has 7 heteroatoms. The molecule has 0 radical (unpaired) electrons. The molecule has 2 rings (SSSR count). The molecular formula is C12H18N4O3. The van der Waals surface area contributed by atoms with Crippen molar-refractivity contribution < 1.29 is 10.0 Å². The van der Waals surface area contributed by atoms with Gasteiger partial charge in [-0.05, 0) is 12.1 Å². The first-order valence-electron chi connectivity index (χ1n) is 6.31. The summed E-state index contributed by atoms with van der Waals surface area (Å²) >= 11 is 0. The second-order valence-electron chi connectivity index (χ2n) is 4.35. The number of aliphatic hydroxyl groups excluding tert-OH is 1. The van der Waals surface area contributed by atoms with Crippen molar-refractivity contribution in [2.75, 3.05) is 49.5 Å². The number of hydrogen-bond donors (Lipinski definition) is 3. The van der Waals surface area contributed by atoms with Crippen molar-refractivity contribution in [3.63, 3.8) is 0 Å². The highest BCUT2D eigenvalue weighted by molar-refractivity contribution is 5.69. The van der Waals surface area contributed by atoms with E-state index in [1.54, 1.807) is 12.1 Å². The quantitative estimate of drug-likeness (QED) is 0.528. The van der Waals surface area contributed by atoms with Crippen molar-refractivity contribution in [3.8, 4) is 0 Å². The van der Waals surface area contributed by atoms with Gasteiger partial charge in [0.1, 0.15) is 5.69 Å². The number of nitrogens with one attached hydrogen (secondary N) is 2. The monoisotopic (exact) mass is 266 g/mol. The molecule has 0 atom stereocenters. The standard InChI is InChI=1S/C12H18N4O3/c17-8-5-14-11-9-10(1-2-12(11)16(18)19)15-6-3-13-4-7-15/h1-2,9,13-14,17H,3-8H2. The van der Waals surface area contributed by atoms with Crippen LogP contribution in [0.4, 0.5) is 17.1 Å². The summed E-state index contributed by atoms with van der Waals surface area (Å²) in [6, 6.07) is 5.06. The zero-order chi connectivity index (χ0) is 13.7. The van der Waals surface area contributed by atoms with E-state index in [9.17, 15) is 10.1 Å². The summed E-state index contributed by atoms with van der Waals surface area (Å²) in [5, 5.41) is 25.9. The van der Waals surface area contributed by atoms with Crippen molar-refractivity contribution in [1.82, 2.24) is 5.32 Å². The summed E-state index contributed by atoms with van der Waals surface area (Å²) in [5.41, 5.74) is 1.45. The Bertz CT molecular complexity index is 447. The number of nitrogens with zero attached hydrogens (tertiary/aromatic N) is 2. The fraction of sp³-hybridized carbons (Fsp3) is 0.500. The van der Waals surface area contributed by atoms with Gasteiger partial charge in [-0.15, -0.1) is 0 Å². The lowest BCUT2D eigenvalue weighted by Crippen LogP contribution is -2.43. The van der Waals surface area contributed by atoms with Crippen LogP contribution in [0.1, 0.15) is 0 Å². The summed E-state index contributed by atoms with van der Waals surface area (Å²) in [6.45, 7) is 3.84. The molecule has 1 heterocycles. The molecule has 1 aliphatic rings. The van der Waals surface area contributed by atoms with Crippen molar-refractivity contribution >= 4 is 17.1 Å². The van der Waals surface area contributed by atoms with Gasteiger partial charge in [-0.2, -0.15) is 0 Å². The topological polar surface area (TPSA) is 90.7 Å². The van der Waals surface area contributed by atoms with Crippen LogP contribution in [0.15, 0.2) is 18.2 Å². The molecule has 104 valence electrons. The van der Waals surface area contributed by atoms with E-state index in [1.807, 2.05) is 0 Å². The van der Waals surface area contributed by atoms with E-state index in [4.69, 9.17) is 5.11 Å². The molecule has 1 aliphatic heterocycles. The van der Waals surface area contributed by atoms with E-state index < -0.39 is 4.92 Å². The van der Waals surface area contributed by atoms with Gasteiger partial charge in [-0.25, -0.2) is 0 Å². The molecule has 0 unspecified atom stereocenters. The van der Waals surface area contributed by atoms with E-state index in [2.05, 4.69) is 15.5 Å². The summed E-state index contributed by atoms with van der Waals surface area (Å²) in [6.07, 6.45) is 0. The number of aliphatic hydroxyl groups is 1. The zero-order valence-corrected chi connectivity index (χ0v) is 10.6. The van der Waals surface area contributed by atoms with Gasteiger partial charge in [-0.1, -0.05) is 0 Å². The second kappa shape index (κ2) is 6.35. The summed E-state index contributed by atoms with van der Waals surface area (Å²) in [7, 11) is 0. The Balaban J connectivity index is 2.23. The minimum atomic E-state index is -0.415. The van der Waals surface area contributed by atoms with E-state index in [-0.39, 0.29) is 12.3 Å². The average Bonchev–Trinajstić information content (AvgIpc) is 2.45. The number of anilines is 2. The molecule has 0 saturated carbocycles. The number of hydrogen-bond acceptors (Lipinski definition) is 6. The largest absolute Gasteiger partial charge is 0.395 e. The lowest BCUT2D eigenvalue weighted by atomic mass is 10.2. The molecule has 0 aliphatic carbocycles. The summed E-state index contributed by atoms with van der Waals surface area (Å²) in [4.78, 5) is 12.7. The van der Waals surface area contributed by atoms with Gasteiger partial charge in [0.05, 0.1) is 11.5 Å². The zero-order valence-electron chi connectivity index (χ0n) is 10.6. The molecule has 0 amide bonds. The normalized spacial score (nSPS) is 15.3. The molecule has 19 heavy (non-hydrogen) atoms. The smallest absolute Gasteiger partial charge is 0.292 e. The fourth-order valence-corrected chi connectivity index (χ4v) is 2.14. The molecule has 1 aromatic carbocycles. The van der Waals surface area contributed by atoms with Gasteiger partial charge >= 0.3 is 0 Å².